The molecular formula is C9H17N3O2. The maximum Gasteiger partial charge on any atom is 0.0849 e. The summed E-state index contributed by atoms with van der Waals surface area (Å²) in [5.41, 5.74) is 0.822. The Hall–Kier alpha value is -0.940. The smallest absolute Gasteiger partial charge is 0.0849 e. The van der Waals surface area contributed by atoms with E-state index in [-0.39, 0.29) is 6.61 Å². The molecule has 0 amide bonds. The molecule has 0 radical (unpaired) electrons. The SMILES string of the molecule is CCCOCCn1cc(CCO)nn1. The Balaban J connectivity index is 2.22. The molecule has 5 nitrogen and oxygen atoms in total. The normalized spacial score (nSPS) is 10.7. The highest BCUT2D eigenvalue weighted by Crippen LogP contribution is 1.94. The number of ether oxygens (including phenoxy) is 1. The number of aliphatic hydroxyl groups excluding tert-OH is 1. The van der Waals surface area contributed by atoms with Crippen molar-refractivity contribution in [2.75, 3.05) is 19.8 Å². The molecule has 80 valence electrons. The Morgan fingerprint density at radius 1 is 1.50 bits per heavy atom. The van der Waals surface area contributed by atoms with Crippen molar-refractivity contribution in [3.63, 3.8) is 0 Å². The molecule has 0 aliphatic rings. The van der Waals surface area contributed by atoms with Crippen molar-refractivity contribution in [3.8, 4) is 0 Å². The lowest BCUT2D eigenvalue weighted by molar-refractivity contribution is 0.124. The minimum absolute atomic E-state index is 0.116. The van der Waals surface area contributed by atoms with Crippen LogP contribution in [-0.2, 0) is 17.7 Å². The summed E-state index contributed by atoms with van der Waals surface area (Å²) in [7, 11) is 0. The highest BCUT2D eigenvalue weighted by molar-refractivity contribution is 4.91. The number of hydrogen-bond acceptors (Lipinski definition) is 4. The lowest BCUT2D eigenvalue weighted by atomic mass is 10.3. The molecule has 0 unspecified atom stereocenters. The Bertz CT molecular complexity index is 250. The van der Waals surface area contributed by atoms with Crippen molar-refractivity contribution in [3.05, 3.63) is 11.9 Å². The topological polar surface area (TPSA) is 60.2 Å². The number of nitrogens with zero attached hydrogens (tertiary/aromatic N) is 3. The molecule has 1 heterocycles. The van der Waals surface area contributed by atoms with Gasteiger partial charge < -0.3 is 9.84 Å². The largest absolute Gasteiger partial charge is 0.396 e. The van der Waals surface area contributed by atoms with E-state index < -0.39 is 0 Å². The first-order chi connectivity index (χ1) is 6.86. The van der Waals surface area contributed by atoms with Gasteiger partial charge in [0.15, 0.2) is 0 Å². The van der Waals surface area contributed by atoms with Gasteiger partial charge in [-0.3, -0.25) is 0 Å². The molecule has 0 fully saturated rings. The fourth-order valence-corrected chi connectivity index (χ4v) is 1.08. The molecule has 0 atom stereocenters. The Morgan fingerprint density at radius 2 is 2.36 bits per heavy atom. The first kappa shape index (κ1) is 11.1. The predicted molar refractivity (Wildman–Crippen MR) is 51.9 cm³/mol. The molecule has 1 N–H and O–H groups in total. The number of rotatable bonds is 7. The van der Waals surface area contributed by atoms with E-state index in [9.17, 15) is 0 Å². The van der Waals surface area contributed by atoms with Crippen molar-refractivity contribution in [2.45, 2.75) is 26.3 Å². The summed E-state index contributed by atoms with van der Waals surface area (Å²) in [4.78, 5) is 0. The van der Waals surface area contributed by atoms with Crippen LogP contribution in [0.5, 0.6) is 0 Å². The van der Waals surface area contributed by atoms with E-state index >= 15 is 0 Å². The predicted octanol–water partition coefficient (Wildman–Crippen LogP) is 0.239. The summed E-state index contributed by atoms with van der Waals surface area (Å²) >= 11 is 0. The molecule has 0 saturated heterocycles. The van der Waals surface area contributed by atoms with Crippen molar-refractivity contribution in [1.29, 1.82) is 0 Å². The molecule has 0 aliphatic carbocycles. The van der Waals surface area contributed by atoms with Crippen LogP contribution in [0.25, 0.3) is 0 Å². The van der Waals surface area contributed by atoms with Crippen LogP contribution in [0.15, 0.2) is 6.20 Å². The lowest BCUT2D eigenvalue weighted by Gasteiger charge is -2.00. The van der Waals surface area contributed by atoms with Crippen LogP contribution in [0.2, 0.25) is 0 Å². The van der Waals surface area contributed by atoms with Gasteiger partial charge >= 0.3 is 0 Å². The van der Waals surface area contributed by atoms with Crippen molar-refractivity contribution < 1.29 is 9.84 Å². The molecule has 0 aromatic carbocycles. The highest BCUT2D eigenvalue weighted by Gasteiger charge is 1.99. The quantitative estimate of drug-likeness (QED) is 0.639. The standard InChI is InChI=1S/C9H17N3O2/c1-2-6-14-7-4-12-8-9(3-5-13)10-11-12/h8,13H,2-7H2,1H3. The van der Waals surface area contributed by atoms with E-state index in [1.807, 2.05) is 6.20 Å². The second kappa shape index (κ2) is 6.50. The summed E-state index contributed by atoms with van der Waals surface area (Å²) in [6.07, 6.45) is 3.44. The number of aromatic nitrogens is 3. The summed E-state index contributed by atoms with van der Waals surface area (Å²) in [5.74, 6) is 0. The van der Waals surface area contributed by atoms with Gasteiger partial charge in [-0.2, -0.15) is 0 Å². The highest BCUT2D eigenvalue weighted by atomic mass is 16.5. The van der Waals surface area contributed by atoms with Gasteiger partial charge in [0.1, 0.15) is 0 Å². The van der Waals surface area contributed by atoms with Gasteiger partial charge in [0, 0.05) is 25.8 Å². The first-order valence-corrected chi connectivity index (χ1v) is 4.94. The van der Waals surface area contributed by atoms with Gasteiger partial charge in [0.05, 0.1) is 18.8 Å². The van der Waals surface area contributed by atoms with E-state index in [1.165, 1.54) is 0 Å². The van der Waals surface area contributed by atoms with Gasteiger partial charge in [-0.1, -0.05) is 12.1 Å². The van der Waals surface area contributed by atoms with Crippen LogP contribution in [-0.4, -0.2) is 39.9 Å². The minimum Gasteiger partial charge on any atom is -0.396 e. The lowest BCUT2D eigenvalue weighted by Crippen LogP contribution is -2.07. The fourth-order valence-electron chi connectivity index (χ4n) is 1.08. The number of hydrogen-bond donors (Lipinski definition) is 1. The number of aliphatic hydroxyl groups is 1. The van der Waals surface area contributed by atoms with Crippen LogP contribution >= 0.6 is 0 Å². The molecular weight excluding hydrogens is 182 g/mol. The van der Waals surface area contributed by atoms with Crippen LogP contribution < -0.4 is 0 Å². The average Bonchev–Trinajstić information content (AvgIpc) is 2.61. The van der Waals surface area contributed by atoms with Crippen molar-refractivity contribution >= 4 is 0 Å². The monoisotopic (exact) mass is 199 g/mol. The zero-order valence-corrected chi connectivity index (χ0v) is 8.52. The van der Waals surface area contributed by atoms with E-state index in [0.29, 0.717) is 13.0 Å². The summed E-state index contributed by atoms with van der Waals surface area (Å²) in [5, 5.41) is 16.5. The van der Waals surface area contributed by atoms with Gasteiger partial charge in [-0.15, -0.1) is 5.10 Å². The molecule has 1 rings (SSSR count). The minimum atomic E-state index is 0.116. The first-order valence-electron chi connectivity index (χ1n) is 4.94. The summed E-state index contributed by atoms with van der Waals surface area (Å²) < 4.78 is 7.05. The molecule has 1 aromatic heterocycles. The molecule has 0 saturated carbocycles. The fraction of sp³-hybridized carbons (Fsp3) is 0.778. The van der Waals surface area contributed by atoms with E-state index in [0.717, 1.165) is 25.3 Å². The van der Waals surface area contributed by atoms with Crippen molar-refractivity contribution in [1.82, 2.24) is 15.0 Å². The van der Waals surface area contributed by atoms with Crippen LogP contribution in [0.4, 0.5) is 0 Å². The molecule has 0 aliphatic heterocycles. The zero-order valence-electron chi connectivity index (χ0n) is 8.52. The molecule has 14 heavy (non-hydrogen) atoms. The molecule has 0 spiro atoms. The molecule has 1 aromatic rings. The molecule has 0 bridgehead atoms. The van der Waals surface area contributed by atoms with E-state index in [2.05, 4.69) is 17.2 Å². The Kier molecular flexibility index (Phi) is 5.17. The van der Waals surface area contributed by atoms with Gasteiger partial charge in [-0.05, 0) is 6.42 Å². The third-order valence-electron chi connectivity index (χ3n) is 1.77. The van der Waals surface area contributed by atoms with Crippen LogP contribution in [0.3, 0.4) is 0 Å². The summed E-state index contributed by atoms with van der Waals surface area (Å²) in [6.45, 7) is 4.37. The van der Waals surface area contributed by atoms with E-state index in [1.54, 1.807) is 4.68 Å². The van der Waals surface area contributed by atoms with Crippen LogP contribution in [0.1, 0.15) is 19.0 Å². The van der Waals surface area contributed by atoms with E-state index in [4.69, 9.17) is 9.84 Å². The molecule has 5 heteroatoms. The Morgan fingerprint density at radius 3 is 3.07 bits per heavy atom. The second-order valence-electron chi connectivity index (χ2n) is 3.06. The third kappa shape index (κ3) is 3.85. The van der Waals surface area contributed by atoms with Crippen molar-refractivity contribution in [2.24, 2.45) is 0 Å². The van der Waals surface area contributed by atoms with Gasteiger partial charge in [-0.25, -0.2) is 4.68 Å². The van der Waals surface area contributed by atoms with Crippen LogP contribution in [0, 0.1) is 0 Å². The average molecular weight is 199 g/mol. The maximum atomic E-state index is 8.67. The zero-order chi connectivity index (χ0) is 10.2. The van der Waals surface area contributed by atoms with Gasteiger partial charge in [0.2, 0.25) is 0 Å². The maximum absolute atomic E-state index is 8.67. The third-order valence-corrected chi connectivity index (χ3v) is 1.77. The summed E-state index contributed by atoms with van der Waals surface area (Å²) in [6, 6.07) is 0. The second-order valence-corrected chi connectivity index (χ2v) is 3.06. The Labute approximate surface area is 83.7 Å². The van der Waals surface area contributed by atoms with Gasteiger partial charge in [0.25, 0.3) is 0 Å².